The first-order chi connectivity index (χ1) is 30.0. The van der Waals surface area contributed by atoms with Crippen LogP contribution < -0.4 is 18.9 Å². The minimum absolute atomic E-state index is 0.0325. The highest BCUT2D eigenvalue weighted by molar-refractivity contribution is 5.72. The van der Waals surface area contributed by atoms with Crippen molar-refractivity contribution in [3.63, 3.8) is 0 Å². The van der Waals surface area contributed by atoms with Crippen LogP contribution in [0.25, 0.3) is 0 Å². The lowest BCUT2D eigenvalue weighted by Crippen LogP contribution is -2.57. The van der Waals surface area contributed by atoms with Crippen molar-refractivity contribution < 1.29 is 90.4 Å². The molecule has 324 valence electrons. The first kappa shape index (κ1) is 39.3. The standard InChI is InChI=1S/C45H36O18/c46-18-10-27(54)33-31(11-18)62-45(17-3-6-22(49)26(53)9-17)44(59)38(33)36-32(63-45)14-29(56)35-37(39(58)41(61-43(35)36)16-2-5-21(48)25(52)8-16)34-28(55)13-23(50)19-12-30(57)40(60-42(19)34)15-1-4-20(47)24(51)7-15/h1-11,13-14,30,37-41,44,46-59H,12H2/t30-,37+,38-,39+,40+,41+,44-,45-/m0/s1. The van der Waals surface area contributed by atoms with E-state index in [1.807, 2.05) is 0 Å². The lowest BCUT2D eigenvalue weighted by atomic mass is 9.71. The molecule has 0 saturated heterocycles. The normalized spacial score (nSPS) is 25.2. The van der Waals surface area contributed by atoms with Gasteiger partial charge in [-0.2, -0.15) is 0 Å². The lowest BCUT2D eigenvalue weighted by Gasteiger charge is -2.51. The van der Waals surface area contributed by atoms with Gasteiger partial charge in [0.15, 0.2) is 40.6 Å². The van der Waals surface area contributed by atoms with Gasteiger partial charge in [0, 0.05) is 64.1 Å². The van der Waals surface area contributed by atoms with Gasteiger partial charge in [-0.05, 0) is 53.6 Å². The molecule has 4 aliphatic heterocycles. The van der Waals surface area contributed by atoms with Crippen LogP contribution in [0.4, 0.5) is 0 Å². The van der Waals surface area contributed by atoms with E-state index in [1.54, 1.807) is 0 Å². The monoisotopic (exact) mass is 864 g/mol. The predicted octanol–water partition coefficient (Wildman–Crippen LogP) is 4.24. The minimum Gasteiger partial charge on any atom is -0.508 e. The van der Waals surface area contributed by atoms with Crippen LogP contribution in [0, 0.1) is 0 Å². The minimum atomic E-state index is -2.31. The zero-order chi connectivity index (χ0) is 44.5. The zero-order valence-corrected chi connectivity index (χ0v) is 32.1. The van der Waals surface area contributed by atoms with E-state index in [-0.39, 0.29) is 73.9 Å². The van der Waals surface area contributed by atoms with Crippen LogP contribution in [0.15, 0.2) is 78.9 Å². The average Bonchev–Trinajstić information content (AvgIpc) is 3.22. The Hall–Kier alpha value is -7.80. The summed E-state index contributed by atoms with van der Waals surface area (Å²) in [7, 11) is 0. The van der Waals surface area contributed by atoms with E-state index in [0.717, 1.165) is 60.7 Å². The van der Waals surface area contributed by atoms with Crippen LogP contribution in [0.5, 0.6) is 86.2 Å². The average molecular weight is 865 g/mol. The summed E-state index contributed by atoms with van der Waals surface area (Å²) in [4.78, 5) is 0. The van der Waals surface area contributed by atoms with E-state index in [0.29, 0.717) is 0 Å². The summed E-state index contributed by atoms with van der Waals surface area (Å²) >= 11 is 0. The van der Waals surface area contributed by atoms with E-state index in [9.17, 15) is 71.5 Å². The molecular weight excluding hydrogens is 828 g/mol. The Morgan fingerprint density at radius 3 is 1.62 bits per heavy atom. The number of hydrogen-bond donors (Lipinski definition) is 14. The van der Waals surface area contributed by atoms with E-state index < -0.39 is 111 Å². The van der Waals surface area contributed by atoms with E-state index in [1.165, 1.54) is 18.2 Å². The van der Waals surface area contributed by atoms with Gasteiger partial charge in [-0.25, -0.2) is 0 Å². The molecule has 0 saturated carbocycles. The first-order valence-electron chi connectivity index (χ1n) is 19.3. The number of ether oxygens (including phenoxy) is 4. The third-order valence-corrected chi connectivity index (χ3v) is 12.2. The molecule has 0 aliphatic carbocycles. The molecule has 0 amide bonds. The van der Waals surface area contributed by atoms with E-state index in [4.69, 9.17) is 18.9 Å². The van der Waals surface area contributed by atoms with Crippen molar-refractivity contribution in [3.8, 4) is 86.2 Å². The molecule has 0 radical (unpaired) electrons. The quantitative estimate of drug-likeness (QED) is 0.110. The molecule has 18 heteroatoms. The van der Waals surface area contributed by atoms with Gasteiger partial charge in [0.1, 0.15) is 70.1 Å². The second-order valence-corrected chi connectivity index (χ2v) is 15.9. The molecule has 0 aromatic heterocycles. The molecule has 6 aromatic carbocycles. The number of fused-ring (bicyclic) bond motifs is 9. The van der Waals surface area contributed by atoms with Gasteiger partial charge in [0.2, 0.25) is 0 Å². The molecule has 10 rings (SSSR count). The molecule has 2 bridgehead atoms. The molecular formula is C45H36O18. The SMILES string of the molecule is Oc1cc(O)c2c(c1)O[C@@]1(c3ccc(O)c(O)c3)Oc3cc(O)c4c(c3[C@H]2[C@@H]1O)O[C@H](c1ccc(O)c(O)c1)[C@H](O)[C@@H]4c1c(O)cc(O)c2c1O[C@H](c1ccc(O)c(O)c1)[C@@H](O)C2. The fraction of sp³-hybridized carbons (Fsp3) is 0.200. The first-order valence-corrected chi connectivity index (χ1v) is 19.3. The van der Waals surface area contributed by atoms with Crippen molar-refractivity contribution in [2.75, 3.05) is 0 Å². The molecule has 8 atom stereocenters. The molecule has 63 heavy (non-hydrogen) atoms. The highest BCUT2D eigenvalue weighted by atomic mass is 16.7. The number of aliphatic hydroxyl groups excluding tert-OH is 3. The second-order valence-electron chi connectivity index (χ2n) is 15.9. The number of phenolic OH excluding ortho intramolecular Hbond substituents is 11. The van der Waals surface area contributed by atoms with Gasteiger partial charge < -0.3 is 90.4 Å². The van der Waals surface area contributed by atoms with Crippen LogP contribution in [0.2, 0.25) is 0 Å². The zero-order valence-electron chi connectivity index (χ0n) is 32.1. The van der Waals surface area contributed by atoms with Gasteiger partial charge in [0.25, 0.3) is 0 Å². The Balaban J connectivity index is 1.25. The van der Waals surface area contributed by atoms with E-state index >= 15 is 0 Å². The molecule has 0 fully saturated rings. The molecule has 4 heterocycles. The highest BCUT2D eigenvalue weighted by Gasteiger charge is 2.61. The summed E-state index contributed by atoms with van der Waals surface area (Å²) in [5.74, 6) is -12.6. The fourth-order valence-electron chi connectivity index (χ4n) is 9.32. The number of rotatable bonds is 4. The predicted molar refractivity (Wildman–Crippen MR) is 212 cm³/mol. The van der Waals surface area contributed by atoms with Crippen LogP contribution >= 0.6 is 0 Å². The molecule has 18 nitrogen and oxygen atoms in total. The van der Waals surface area contributed by atoms with Crippen LogP contribution in [0.3, 0.4) is 0 Å². The van der Waals surface area contributed by atoms with Crippen LogP contribution in [-0.4, -0.2) is 89.8 Å². The van der Waals surface area contributed by atoms with Gasteiger partial charge >= 0.3 is 5.79 Å². The molecule has 4 aliphatic rings. The maximum absolute atomic E-state index is 12.5. The smallest absolute Gasteiger partial charge is 0.305 e. The van der Waals surface area contributed by atoms with Crippen LogP contribution in [-0.2, 0) is 12.2 Å². The summed E-state index contributed by atoms with van der Waals surface area (Å²) < 4.78 is 25.6. The van der Waals surface area contributed by atoms with Crippen molar-refractivity contribution >= 4 is 0 Å². The number of aromatic hydroxyl groups is 11. The maximum Gasteiger partial charge on any atom is 0.305 e. The topological polar surface area (TPSA) is 320 Å². The largest absolute Gasteiger partial charge is 0.508 e. The lowest BCUT2D eigenvalue weighted by molar-refractivity contribution is -0.219. The van der Waals surface area contributed by atoms with Gasteiger partial charge in [-0.15, -0.1) is 0 Å². The van der Waals surface area contributed by atoms with Crippen molar-refractivity contribution in [1.82, 2.24) is 0 Å². The Kier molecular flexibility index (Phi) is 8.49. The number of hydrogen-bond acceptors (Lipinski definition) is 18. The summed E-state index contributed by atoms with van der Waals surface area (Å²) in [5.41, 5.74) is -0.583. The second kappa shape index (κ2) is 13.6. The summed E-state index contributed by atoms with van der Waals surface area (Å²) in [5, 5.41) is 155. The van der Waals surface area contributed by atoms with Crippen molar-refractivity contribution in [1.29, 1.82) is 0 Å². The number of phenols is 11. The molecule has 6 aromatic rings. The van der Waals surface area contributed by atoms with Gasteiger partial charge in [0.05, 0.1) is 17.9 Å². The Labute approximate surface area is 354 Å². The number of aliphatic hydroxyl groups is 3. The fourth-order valence-corrected chi connectivity index (χ4v) is 9.32. The van der Waals surface area contributed by atoms with Crippen molar-refractivity contribution in [2.24, 2.45) is 0 Å². The summed E-state index contributed by atoms with van der Waals surface area (Å²) in [6.45, 7) is 0. The third kappa shape index (κ3) is 5.68. The Bertz CT molecular complexity index is 2910. The number of benzene rings is 6. The van der Waals surface area contributed by atoms with Crippen molar-refractivity contribution in [2.45, 2.75) is 54.6 Å². The Morgan fingerprint density at radius 1 is 0.444 bits per heavy atom. The van der Waals surface area contributed by atoms with E-state index in [2.05, 4.69) is 0 Å². The molecule has 0 unspecified atom stereocenters. The third-order valence-electron chi connectivity index (χ3n) is 12.2. The van der Waals surface area contributed by atoms with Gasteiger partial charge in [-0.3, -0.25) is 0 Å². The summed E-state index contributed by atoms with van der Waals surface area (Å²) in [6, 6.07) is 14.8. The molecule has 0 spiro atoms. The Morgan fingerprint density at radius 2 is 0.984 bits per heavy atom. The summed E-state index contributed by atoms with van der Waals surface area (Å²) in [6.07, 6.45) is -8.29. The highest BCUT2D eigenvalue weighted by Crippen LogP contribution is 2.65. The molecule has 14 N–H and O–H groups in total. The van der Waals surface area contributed by atoms with Crippen LogP contribution in [0.1, 0.15) is 68.6 Å². The van der Waals surface area contributed by atoms with Gasteiger partial charge in [-0.1, -0.05) is 12.1 Å². The maximum atomic E-state index is 12.5. The van der Waals surface area contributed by atoms with Crippen molar-refractivity contribution in [3.05, 3.63) is 123 Å².